The standard InChI is InChI=1S/C20H18N2O7/c23-18(14-4-2-1-3-5-14)15-10-17(19(24)25)21(11-15)20(26)29-12-13-6-8-16(9-7-13)22(27)28/h1-9,15,17H,10-12H2,(H,24,25)/t15-,17-/m0/s1. The number of nitro benzene ring substituents is 1. The van der Waals surface area contributed by atoms with Crippen LogP contribution in [0.25, 0.3) is 0 Å². The summed E-state index contributed by atoms with van der Waals surface area (Å²) in [7, 11) is 0. The molecule has 1 aliphatic rings. The van der Waals surface area contributed by atoms with E-state index in [1.807, 2.05) is 0 Å². The van der Waals surface area contributed by atoms with E-state index in [4.69, 9.17) is 4.74 Å². The van der Waals surface area contributed by atoms with Crippen LogP contribution in [0.3, 0.4) is 0 Å². The summed E-state index contributed by atoms with van der Waals surface area (Å²) in [5, 5.41) is 20.1. The number of hydrogen-bond donors (Lipinski definition) is 1. The average molecular weight is 398 g/mol. The fourth-order valence-corrected chi connectivity index (χ4v) is 3.24. The summed E-state index contributed by atoms with van der Waals surface area (Å²) >= 11 is 0. The molecule has 1 amide bonds. The highest BCUT2D eigenvalue weighted by molar-refractivity contribution is 5.99. The largest absolute Gasteiger partial charge is 0.480 e. The number of rotatable bonds is 6. The van der Waals surface area contributed by atoms with E-state index in [0.717, 1.165) is 4.90 Å². The van der Waals surface area contributed by atoms with Crippen molar-refractivity contribution in [2.24, 2.45) is 5.92 Å². The lowest BCUT2D eigenvalue weighted by molar-refractivity contribution is -0.384. The Kier molecular flexibility index (Phi) is 5.87. The second kappa shape index (κ2) is 8.51. The first-order valence-corrected chi connectivity index (χ1v) is 8.85. The average Bonchev–Trinajstić information content (AvgIpc) is 3.18. The first-order chi connectivity index (χ1) is 13.9. The highest BCUT2D eigenvalue weighted by Crippen LogP contribution is 2.27. The Morgan fingerprint density at radius 1 is 1.10 bits per heavy atom. The third-order valence-corrected chi connectivity index (χ3v) is 4.76. The molecular weight excluding hydrogens is 380 g/mol. The number of non-ortho nitro benzene ring substituents is 1. The molecule has 1 saturated heterocycles. The monoisotopic (exact) mass is 398 g/mol. The number of nitrogens with zero attached hydrogens (tertiary/aromatic N) is 2. The Hall–Kier alpha value is -3.75. The van der Waals surface area contributed by atoms with E-state index in [0.29, 0.717) is 11.1 Å². The Balaban J connectivity index is 1.65. The quantitative estimate of drug-likeness (QED) is 0.450. The fourth-order valence-electron chi connectivity index (χ4n) is 3.24. The molecule has 9 nitrogen and oxygen atoms in total. The Morgan fingerprint density at radius 2 is 1.76 bits per heavy atom. The molecule has 2 aromatic rings. The summed E-state index contributed by atoms with van der Waals surface area (Å²) in [4.78, 5) is 47.8. The van der Waals surface area contributed by atoms with Crippen LogP contribution >= 0.6 is 0 Å². The summed E-state index contributed by atoms with van der Waals surface area (Å²) in [6.45, 7) is -0.221. The second-order valence-electron chi connectivity index (χ2n) is 6.65. The molecular formula is C20H18N2O7. The number of ether oxygens (including phenoxy) is 1. The molecule has 0 aliphatic carbocycles. The zero-order valence-corrected chi connectivity index (χ0v) is 15.3. The lowest BCUT2D eigenvalue weighted by Crippen LogP contribution is -2.40. The number of carbonyl (C=O) groups excluding carboxylic acids is 2. The highest BCUT2D eigenvalue weighted by Gasteiger charge is 2.43. The van der Waals surface area contributed by atoms with Crippen LogP contribution in [0.5, 0.6) is 0 Å². The van der Waals surface area contributed by atoms with Gasteiger partial charge in [-0.2, -0.15) is 0 Å². The minimum absolute atomic E-state index is 0.00962. The number of carboxylic acids is 1. The fraction of sp³-hybridized carbons (Fsp3) is 0.250. The first-order valence-electron chi connectivity index (χ1n) is 8.85. The third kappa shape index (κ3) is 4.57. The SMILES string of the molecule is O=C(c1ccccc1)[C@H]1C[C@@H](C(=O)O)N(C(=O)OCc2ccc([N+](=O)[O-])cc2)C1. The smallest absolute Gasteiger partial charge is 0.410 e. The van der Waals surface area contributed by atoms with Gasteiger partial charge in [0.15, 0.2) is 5.78 Å². The maximum Gasteiger partial charge on any atom is 0.410 e. The van der Waals surface area contributed by atoms with Crippen molar-refractivity contribution < 1.29 is 29.2 Å². The number of ketones is 1. The first kappa shape index (κ1) is 20.0. The van der Waals surface area contributed by atoms with E-state index in [2.05, 4.69) is 0 Å². The van der Waals surface area contributed by atoms with Crippen molar-refractivity contribution in [1.82, 2.24) is 4.90 Å². The van der Waals surface area contributed by atoms with Crippen LogP contribution in [0.4, 0.5) is 10.5 Å². The van der Waals surface area contributed by atoms with E-state index in [9.17, 15) is 29.6 Å². The van der Waals surface area contributed by atoms with Gasteiger partial charge in [0.05, 0.1) is 4.92 Å². The van der Waals surface area contributed by atoms with Crippen molar-refractivity contribution in [3.05, 3.63) is 75.8 Å². The summed E-state index contributed by atoms with van der Waals surface area (Å²) in [6, 6.07) is 12.8. The van der Waals surface area contributed by atoms with Crippen LogP contribution in [0, 0.1) is 16.0 Å². The molecule has 0 saturated carbocycles. The number of Topliss-reactive ketones (excluding diaryl/α,β-unsaturated/α-hetero) is 1. The topological polar surface area (TPSA) is 127 Å². The Bertz CT molecular complexity index is 928. The number of amides is 1. The van der Waals surface area contributed by atoms with Gasteiger partial charge in [-0.3, -0.25) is 19.8 Å². The molecule has 150 valence electrons. The summed E-state index contributed by atoms with van der Waals surface area (Å²) in [5.41, 5.74) is 0.891. The maximum atomic E-state index is 12.6. The van der Waals surface area contributed by atoms with Gasteiger partial charge >= 0.3 is 12.1 Å². The summed E-state index contributed by atoms with van der Waals surface area (Å²) in [5.74, 6) is -2.06. The van der Waals surface area contributed by atoms with E-state index < -0.39 is 28.9 Å². The van der Waals surface area contributed by atoms with Gasteiger partial charge in [-0.15, -0.1) is 0 Å². The van der Waals surface area contributed by atoms with Crippen LogP contribution in [-0.4, -0.2) is 45.4 Å². The van der Waals surface area contributed by atoms with Crippen molar-refractivity contribution >= 4 is 23.5 Å². The number of benzene rings is 2. The number of carboxylic acid groups (broad SMARTS) is 1. The molecule has 0 aromatic heterocycles. The van der Waals surface area contributed by atoms with Crippen molar-refractivity contribution in [3.8, 4) is 0 Å². The van der Waals surface area contributed by atoms with E-state index in [-0.39, 0.29) is 31.0 Å². The van der Waals surface area contributed by atoms with Gasteiger partial charge in [0.25, 0.3) is 5.69 Å². The molecule has 0 spiro atoms. The number of hydrogen-bond acceptors (Lipinski definition) is 6. The van der Waals surface area contributed by atoms with Gasteiger partial charge < -0.3 is 9.84 Å². The highest BCUT2D eigenvalue weighted by atomic mass is 16.6. The van der Waals surface area contributed by atoms with Gasteiger partial charge in [0.2, 0.25) is 0 Å². The normalized spacial score (nSPS) is 18.3. The van der Waals surface area contributed by atoms with Crippen molar-refractivity contribution in [3.63, 3.8) is 0 Å². The van der Waals surface area contributed by atoms with Crippen LogP contribution in [-0.2, 0) is 16.1 Å². The number of carbonyl (C=O) groups is 3. The molecule has 0 bridgehead atoms. The van der Waals surface area contributed by atoms with Gasteiger partial charge in [0, 0.05) is 30.2 Å². The lowest BCUT2D eigenvalue weighted by Gasteiger charge is -2.20. The van der Waals surface area contributed by atoms with Gasteiger partial charge in [-0.25, -0.2) is 9.59 Å². The van der Waals surface area contributed by atoms with Crippen molar-refractivity contribution in [1.29, 1.82) is 0 Å². The van der Waals surface area contributed by atoms with Crippen molar-refractivity contribution in [2.75, 3.05) is 6.54 Å². The predicted molar refractivity (Wildman–Crippen MR) is 100 cm³/mol. The predicted octanol–water partition coefficient (Wildman–Crippen LogP) is 2.89. The molecule has 2 atom stereocenters. The molecule has 2 aromatic carbocycles. The molecule has 1 fully saturated rings. The van der Waals surface area contributed by atoms with Crippen LogP contribution in [0.15, 0.2) is 54.6 Å². The molecule has 1 N–H and O–H groups in total. The second-order valence-corrected chi connectivity index (χ2v) is 6.65. The zero-order valence-electron chi connectivity index (χ0n) is 15.3. The Labute approximate surface area is 165 Å². The molecule has 3 rings (SSSR count). The molecule has 1 aliphatic heterocycles. The maximum absolute atomic E-state index is 12.6. The van der Waals surface area contributed by atoms with E-state index in [1.165, 1.54) is 24.3 Å². The van der Waals surface area contributed by atoms with Crippen LogP contribution in [0.1, 0.15) is 22.3 Å². The summed E-state index contributed by atoms with van der Waals surface area (Å²) in [6.07, 6.45) is -0.838. The van der Waals surface area contributed by atoms with Crippen LogP contribution in [0.2, 0.25) is 0 Å². The van der Waals surface area contributed by atoms with Crippen LogP contribution < -0.4 is 0 Å². The number of nitro groups is 1. The van der Waals surface area contributed by atoms with Crippen molar-refractivity contribution in [2.45, 2.75) is 19.1 Å². The lowest BCUT2D eigenvalue weighted by atomic mass is 9.95. The third-order valence-electron chi connectivity index (χ3n) is 4.76. The molecule has 1 heterocycles. The molecule has 9 heteroatoms. The van der Waals surface area contributed by atoms with Gasteiger partial charge in [0.1, 0.15) is 12.6 Å². The molecule has 0 unspecified atom stereocenters. The number of aliphatic carboxylic acids is 1. The van der Waals surface area contributed by atoms with Gasteiger partial charge in [-0.05, 0) is 24.1 Å². The number of likely N-dealkylation sites (tertiary alicyclic amines) is 1. The molecule has 29 heavy (non-hydrogen) atoms. The van der Waals surface area contributed by atoms with Gasteiger partial charge in [-0.1, -0.05) is 30.3 Å². The summed E-state index contributed by atoms with van der Waals surface area (Å²) < 4.78 is 5.17. The van der Waals surface area contributed by atoms with E-state index in [1.54, 1.807) is 30.3 Å². The minimum Gasteiger partial charge on any atom is -0.480 e. The molecule has 0 radical (unpaired) electrons. The Morgan fingerprint density at radius 3 is 2.34 bits per heavy atom. The zero-order chi connectivity index (χ0) is 21.0. The van der Waals surface area contributed by atoms with E-state index >= 15 is 0 Å². The minimum atomic E-state index is -1.21.